The minimum absolute atomic E-state index is 0.0756. The van der Waals surface area contributed by atoms with Crippen LogP contribution in [-0.2, 0) is 4.74 Å². The van der Waals surface area contributed by atoms with Crippen molar-refractivity contribution in [3.8, 4) is 0 Å². The molecule has 1 aliphatic heterocycles. The molecular formula is C10H15N3O3S. The smallest absolute Gasteiger partial charge is 0.345 e. The molecule has 0 radical (unpaired) electrons. The van der Waals surface area contributed by atoms with Crippen LogP contribution in [0.25, 0.3) is 0 Å². The van der Waals surface area contributed by atoms with Gasteiger partial charge < -0.3 is 10.1 Å². The number of hydrogen-bond acceptors (Lipinski definition) is 6. The van der Waals surface area contributed by atoms with Crippen molar-refractivity contribution in [2.75, 3.05) is 18.5 Å². The van der Waals surface area contributed by atoms with E-state index in [9.17, 15) is 10.1 Å². The third-order valence-corrected chi connectivity index (χ3v) is 3.88. The van der Waals surface area contributed by atoms with Gasteiger partial charge in [-0.15, -0.1) is 0 Å². The maximum Gasteiger partial charge on any atom is 0.345 e. The van der Waals surface area contributed by atoms with Crippen LogP contribution in [0.3, 0.4) is 0 Å². The van der Waals surface area contributed by atoms with Crippen LogP contribution in [0.5, 0.6) is 0 Å². The Balaban J connectivity index is 1.92. The maximum absolute atomic E-state index is 10.5. The van der Waals surface area contributed by atoms with E-state index in [4.69, 9.17) is 4.74 Å². The molecule has 0 saturated carbocycles. The molecule has 0 amide bonds. The Morgan fingerprint density at radius 2 is 2.35 bits per heavy atom. The van der Waals surface area contributed by atoms with E-state index in [-0.39, 0.29) is 11.0 Å². The zero-order valence-electron chi connectivity index (χ0n) is 9.59. The van der Waals surface area contributed by atoms with E-state index in [1.807, 2.05) is 0 Å². The third-order valence-electron chi connectivity index (χ3n) is 3.00. The van der Waals surface area contributed by atoms with E-state index < -0.39 is 4.92 Å². The van der Waals surface area contributed by atoms with Crippen LogP contribution in [0.1, 0.15) is 19.8 Å². The van der Waals surface area contributed by atoms with E-state index in [2.05, 4.69) is 17.2 Å². The monoisotopic (exact) mass is 257 g/mol. The van der Waals surface area contributed by atoms with Crippen molar-refractivity contribution in [3.05, 3.63) is 16.3 Å². The number of nitrogens with zero attached hydrogens (tertiary/aromatic N) is 2. The largest absolute Gasteiger partial charge is 0.381 e. The Labute approximate surface area is 103 Å². The molecule has 17 heavy (non-hydrogen) atoms. The summed E-state index contributed by atoms with van der Waals surface area (Å²) in [6, 6.07) is 0.268. The molecule has 2 rings (SSSR count). The highest BCUT2D eigenvalue weighted by molar-refractivity contribution is 7.18. The van der Waals surface area contributed by atoms with Crippen molar-refractivity contribution in [2.45, 2.75) is 25.8 Å². The van der Waals surface area contributed by atoms with Gasteiger partial charge in [-0.2, -0.15) is 0 Å². The van der Waals surface area contributed by atoms with E-state index in [1.54, 1.807) is 0 Å². The minimum Gasteiger partial charge on any atom is -0.381 e. The topological polar surface area (TPSA) is 77.3 Å². The van der Waals surface area contributed by atoms with Gasteiger partial charge in [0.2, 0.25) is 0 Å². The molecule has 0 bridgehead atoms. The Morgan fingerprint density at radius 1 is 1.65 bits per heavy atom. The van der Waals surface area contributed by atoms with Gasteiger partial charge in [0.05, 0.1) is 4.92 Å². The fraction of sp³-hybridized carbons (Fsp3) is 0.700. The Hall–Kier alpha value is -1.21. The number of rotatable bonds is 4. The Kier molecular flexibility index (Phi) is 3.90. The second-order valence-corrected chi connectivity index (χ2v) is 5.15. The summed E-state index contributed by atoms with van der Waals surface area (Å²) in [6.07, 6.45) is 3.35. The summed E-state index contributed by atoms with van der Waals surface area (Å²) in [6.45, 7) is 3.69. The molecule has 1 atom stereocenters. The molecule has 1 fully saturated rings. The lowest BCUT2D eigenvalue weighted by Crippen LogP contribution is -2.30. The first-order valence-electron chi connectivity index (χ1n) is 5.61. The van der Waals surface area contributed by atoms with Crippen molar-refractivity contribution in [1.29, 1.82) is 0 Å². The highest BCUT2D eigenvalue weighted by Crippen LogP contribution is 2.28. The summed E-state index contributed by atoms with van der Waals surface area (Å²) < 4.78 is 5.31. The first-order chi connectivity index (χ1) is 8.16. The van der Waals surface area contributed by atoms with E-state index in [0.717, 1.165) is 37.4 Å². The molecule has 7 heteroatoms. The predicted molar refractivity (Wildman–Crippen MR) is 65.4 cm³/mol. The lowest BCUT2D eigenvalue weighted by Gasteiger charge is -2.28. The molecule has 0 spiro atoms. The van der Waals surface area contributed by atoms with E-state index >= 15 is 0 Å². The quantitative estimate of drug-likeness (QED) is 0.661. The lowest BCUT2D eigenvalue weighted by molar-refractivity contribution is -0.380. The van der Waals surface area contributed by atoms with Crippen LogP contribution in [0.4, 0.5) is 10.1 Å². The number of anilines is 1. The predicted octanol–water partition coefficient (Wildman–Crippen LogP) is 2.28. The second-order valence-electron chi connectivity index (χ2n) is 4.14. The third kappa shape index (κ3) is 3.13. The number of aromatic nitrogens is 1. The van der Waals surface area contributed by atoms with Crippen LogP contribution < -0.4 is 5.32 Å². The minimum atomic E-state index is -0.415. The summed E-state index contributed by atoms with van der Waals surface area (Å²) in [5.74, 6) is 0.548. The number of ether oxygens (including phenoxy) is 1. The van der Waals surface area contributed by atoms with Crippen molar-refractivity contribution in [3.63, 3.8) is 0 Å². The van der Waals surface area contributed by atoms with Crippen LogP contribution in [0.15, 0.2) is 6.20 Å². The van der Waals surface area contributed by atoms with Gasteiger partial charge in [-0.25, -0.2) is 4.98 Å². The van der Waals surface area contributed by atoms with Crippen LogP contribution in [0.2, 0.25) is 0 Å². The molecule has 1 saturated heterocycles. The van der Waals surface area contributed by atoms with Crippen molar-refractivity contribution in [2.24, 2.45) is 5.92 Å². The molecule has 1 aromatic rings. The number of nitro groups is 1. The molecule has 0 aromatic carbocycles. The first kappa shape index (κ1) is 12.3. The average molecular weight is 257 g/mol. The highest BCUT2D eigenvalue weighted by atomic mass is 32.1. The SMILES string of the molecule is CC(Nc1ncc([N+](=O)[O-])s1)C1CCOCC1. The molecule has 1 aromatic heterocycles. The molecular weight excluding hydrogens is 242 g/mol. The summed E-state index contributed by atoms with van der Waals surface area (Å²) in [4.78, 5) is 14.1. The Morgan fingerprint density at radius 3 is 2.94 bits per heavy atom. The lowest BCUT2D eigenvalue weighted by atomic mass is 9.93. The second kappa shape index (κ2) is 5.42. The number of hydrogen-bond donors (Lipinski definition) is 1. The summed E-state index contributed by atoms with van der Waals surface area (Å²) >= 11 is 1.08. The van der Waals surface area contributed by atoms with Crippen LogP contribution >= 0.6 is 11.3 Å². The fourth-order valence-corrected chi connectivity index (χ4v) is 2.67. The van der Waals surface area contributed by atoms with Gasteiger partial charge >= 0.3 is 5.00 Å². The van der Waals surface area contributed by atoms with Gasteiger partial charge in [0.25, 0.3) is 0 Å². The Bertz CT molecular complexity index is 390. The van der Waals surface area contributed by atoms with Gasteiger partial charge in [0, 0.05) is 19.3 Å². The van der Waals surface area contributed by atoms with Gasteiger partial charge in [0.15, 0.2) is 5.13 Å². The van der Waals surface area contributed by atoms with E-state index in [1.165, 1.54) is 6.20 Å². The standard InChI is InChI=1S/C10H15N3O3S/c1-7(8-2-4-16-5-3-8)12-10-11-6-9(17-10)13(14)15/h6-8H,2-5H2,1H3,(H,11,12). The van der Waals surface area contributed by atoms with Crippen LogP contribution in [0, 0.1) is 16.0 Å². The van der Waals surface area contributed by atoms with Gasteiger partial charge in [0.1, 0.15) is 6.20 Å². The highest BCUT2D eigenvalue weighted by Gasteiger charge is 2.22. The van der Waals surface area contributed by atoms with Crippen molar-refractivity contribution >= 4 is 21.5 Å². The zero-order valence-corrected chi connectivity index (χ0v) is 10.4. The summed E-state index contributed by atoms with van der Waals surface area (Å²) in [7, 11) is 0. The zero-order chi connectivity index (χ0) is 12.3. The molecule has 94 valence electrons. The van der Waals surface area contributed by atoms with E-state index in [0.29, 0.717) is 11.0 Å². The first-order valence-corrected chi connectivity index (χ1v) is 6.43. The number of nitrogens with one attached hydrogen (secondary N) is 1. The summed E-state index contributed by atoms with van der Waals surface area (Å²) in [5, 5.41) is 14.5. The maximum atomic E-state index is 10.5. The van der Waals surface area contributed by atoms with Crippen LogP contribution in [-0.4, -0.2) is 29.2 Å². The molecule has 6 nitrogen and oxygen atoms in total. The molecule has 1 N–H and O–H groups in total. The van der Waals surface area contributed by atoms with Crippen molar-refractivity contribution in [1.82, 2.24) is 4.98 Å². The fourth-order valence-electron chi connectivity index (χ4n) is 1.95. The van der Waals surface area contributed by atoms with Crippen molar-refractivity contribution < 1.29 is 9.66 Å². The van der Waals surface area contributed by atoms with Gasteiger partial charge in [-0.3, -0.25) is 10.1 Å². The summed E-state index contributed by atoms with van der Waals surface area (Å²) in [5.41, 5.74) is 0. The van der Waals surface area contributed by atoms with Gasteiger partial charge in [-0.1, -0.05) is 0 Å². The normalized spacial score (nSPS) is 18.9. The number of thiazole rings is 1. The van der Waals surface area contributed by atoms with Gasteiger partial charge in [-0.05, 0) is 37.0 Å². The molecule has 0 aliphatic carbocycles. The average Bonchev–Trinajstić information content (AvgIpc) is 2.79. The molecule has 1 aliphatic rings. The molecule has 1 unspecified atom stereocenters. The molecule has 2 heterocycles.